The van der Waals surface area contributed by atoms with Crippen LogP contribution in [-0.4, -0.2) is 16.0 Å². The second kappa shape index (κ2) is 8.08. The third-order valence-electron chi connectivity index (χ3n) is 3.92. The summed E-state index contributed by atoms with van der Waals surface area (Å²) < 4.78 is 39.3. The van der Waals surface area contributed by atoms with Crippen LogP contribution in [0.4, 0.5) is 23.7 Å². The Balaban J connectivity index is 1.84. The average molecular weight is 386 g/mol. The van der Waals surface area contributed by atoms with Crippen LogP contribution in [0.15, 0.2) is 60.9 Å². The van der Waals surface area contributed by atoms with Crippen molar-refractivity contribution in [3.8, 4) is 11.3 Å². The van der Waals surface area contributed by atoms with Gasteiger partial charge in [-0.1, -0.05) is 29.8 Å². The molecule has 8 heteroatoms. The molecule has 3 aromatic rings. The van der Waals surface area contributed by atoms with E-state index in [9.17, 15) is 18.0 Å². The van der Waals surface area contributed by atoms with Crippen LogP contribution in [0.3, 0.4) is 0 Å². The lowest BCUT2D eigenvalue weighted by Crippen LogP contribution is -2.28. The van der Waals surface area contributed by atoms with Gasteiger partial charge in [-0.3, -0.25) is 4.98 Å². The van der Waals surface area contributed by atoms with E-state index in [1.807, 2.05) is 13.0 Å². The van der Waals surface area contributed by atoms with E-state index < -0.39 is 17.9 Å². The van der Waals surface area contributed by atoms with E-state index >= 15 is 0 Å². The van der Waals surface area contributed by atoms with Crippen molar-refractivity contribution in [2.24, 2.45) is 0 Å². The molecule has 1 aromatic carbocycles. The minimum absolute atomic E-state index is 0.0144. The molecule has 0 saturated heterocycles. The molecule has 0 atom stereocenters. The number of pyridine rings is 2. The molecular weight excluding hydrogens is 369 g/mol. The number of carbonyl (C=O) groups is 1. The van der Waals surface area contributed by atoms with Crippen molar-refractivity contribution in [1.82, 2.24) is 15.3 Å². The number of urea groups is 1. The van der Waals surface area contributed by atoms with Crippen molar-refractivity contribution in [1.29, 1.82) is 0 Å². The molecule has 3 rings (SSSR count). The number of aryl methyl sites for hydroxylation is 1. The molecule has 0 bridgehead atoms. The summed E-state index contributed by atoms with van der Waals surface area (Å²) in [6.45, 7) is 1.86. The van der Waals surface area contributed by atoms with E-state index in [2.05, 4.69) is 20.6 Å². The lowest BCUT2D eigenvalue weighted by Gasteiger charge is -2.14. The number of rotatable bonds is 4. The molecule has 28 heavy (non-hydrogen) atoms. The van der Waals surface area contributed by atoms with Crippen molar-refractivity contribution < 1.29 is 18.0 Å². The molecule has 0 aliphatic heterocycles. The Morgan fingerprint density at radius 2 is 1.93 bits per heavy atom. The van der Waals surface area contributed by atoms with Crippen LogP contribution < -0.4 is 10.6 Å². The first-order valence-corrected chi connectivity index (χ1v) is 8.42. The first-order valence-electron chi connectivity index (χ1n) is 8.42. The Kier molecular flexibility index (Phi) is 5.58. The molecule has 144 valence electrons. The van der Waals surface area contributed by atoms with Gasteiger partial charge in [0.25, 0.3) is 0 Å². The van der Waals surface area contributed by atoms with Crippen LogP contribution in [-0.2, 0) is 12.7 Å². The van der Waals surface area contributed by atoms with Gasteiger partial charge in [0.15, 0.2) is 0 Å². The van der Waals surface area contributed by atoms with E-state index in [0.29, 0.717) is 16.8 Å². The molecule has 2 heterocycles. The SMILES string of the molecule is Cc1cccc(-c2nc(C(F)(F)F)ccc2CNC(=O)Nc2cccnc2)c1. The topological polar surface area (TPSA) is 66.9 Å². The maximum atomic E-state index is 13.1. The third-order valence-corrected chi connectivity index (χ3v) is 3.92. The van der Waals surface area contributed by atoms with Gasteiger partial charge in [-0.25, -0.2) is 9.78 Å². The van der Waals surface area contributed by atoms with Gasteiger partial charge in [0.2, 0.25) is 0 Å². The molecule has 2 amide bonds. The zero-order valence-corrected chi connectivity index (χ0v) is 14.9. The standard InChI is InChI=1S/C20H17F3N4O/c1-13-4-2-5-14(10-13)18-15(7-8-17(27-18)20(21,22)23)11-25-19(28)26-16-6-3-9-24-12-16/h2-10,12H,11H2,1H3,(H2,25,26,28). The normalized spacial score (nSPS) is 11.1. The molecule has 0 spiro atoms. The highest BCUT2D eigenvalue weighted by molar-refractivity contribution is 5.89. The number of aromatic nitrogens is 2. The van der Waals surface area contributed by atoms with Crippen LogP contribution in [0.1, 0.15) is 16.8 Å². The first kappa shape index (κ1) is 19.3. The van der Waals surface area contributed by atoms with Crippen molar-refractivity contribution >= 4 is 11.7 Å². The number of hydrogen-bond donors (Lipinski definition) is 2. The van der Waals surface area contributed by atoms with Gasteiger partial charge in [-0.15, -0.1) is 0 Å². The van der Waals surface area contributed by atoms with Gasteiger partial charge in [0.05, 0.1) is 17.6 Å². The second-order valence-electron chi connectivity index (χ2n) is 6.12. The average Bonchev–Trinajstić information content (AvgIpc) is 2.66. The second-order valence-corrected chi connectivity index (χ2v) is 6.12. The minimum atomic E-state index is -4.55. The number of alkyl halides is 3. The Hall–Kier alpha value is -3.42. The van der Waals surface area contributed by atoms with Gasteiger partial charge in [0.1, 0.15) is 5.69 Å². The largest absolute Gasteiger partial charge is 0.433 e. The summed E-state index contributed by atoms with van der Waals surface area (Å²) in [4.78, 5) is 19.8. The number of nitrogens with zero attached hydrogens (tertiary/aromatic N) is 2. The molecule has 0 radical (unpaired) electrons. The number of amides is 2. The van der Waals surface area contributed by atoms with E-state index in [1.165, 1.54) is 12.3 Å². The zero-order chi connectivity index (χ0) is 20.1. The lowest BCUT2D eigenvalue weighted by molar-refractivity contribution is -0.141. The number of anilines is 1. The lowest BCUT2D eigenvalue weighted by atomic mass is 10.0. The molecule has 2 N–H and O–H groups in total. The van der Waals surface area contributed by atoms with Gasteiger partial charge in [-0.05, 0) is 36.8 Å². The van der Waals surface area contributed by atoms with Gasteiger partial charge in [-0.2, -0.15) is 13.2 Å². The summed E-state index contributed by atoms with van der Waals surface area (Å²) in [6.07, 6.45) is -1.50. The van der Waals surface area contributed by atoms with Crippen LogP contribution in [0.25, 0.3) is 11.3 Å². The van der Waals surface area contributed by atoms with E-state index in [-0.39, 0.29) is 12.2 Å². The van der Waals surface area contributed by atoms with Crippen LogP contribution >= 0.6 is 0 Å². The maximum Gasteiger partial charge on any atom is 0.433 e. The summed E-state index contributed by atoms with van der Waals surface area (Å²) in [5, 5.41) is 5.23. The molecular formula is C20H17F3N4O. The highest BCUT2D eigenvalue weighted by atomic mass is 19.4. The smallest absolute Gasteiger partial charge is 0.334 e. The van der Waals surface area contributed by atoms with Gasteiger partial charge >= 0.3 is 12.2 Å². The van der Waals surface area contributed by atoms with Crippen molar-refractivity contribution in [2.75, 3.05) is 5.32 Å². The van der Waals surface area contributed by atoms with Gasteiger partial charge < -0.3 is 10.6 Å². The summed E-state index contributed by atoms with van der Waals surface area (Å²) in [6, 6.07) is 12.1. The monoisotopic (exact) mass is 386 g/mol. The molecule has 0 aliphatic rings. The van der Waals surface area contributed by atoms with Crippen molar-refractivity contribution in [3.05, 3.63) is 77.7 Å². The first-order chi connectivity index (χ1) is 13.3. The molecule has 0 fully saturated rings. The predicted octanol–water partition coefficient (Wildman–Crippen LogP) is 4.79. The van der Waals surface area contributed by atoms with E-state index in [0.717, 1.165) is 11.6 Å². The summed E-state index contributed by atoms with van der Waals surface area (Å²) >= 11 is 0. The van der Waals surface area contributed by atoms with Crippen molar-refractivity contribution in [3.63, 3.8) is 0 Å². The fourth-order valence-electron chi connectivity index (χ4n) is 2.62. The molecule has 0 saturated carbocycles. The summed E-state index contributed by atoms with van der Waals surface area (Å²) in [5.41, 5.74) is 1.62. The molecule has 0 unspecified atom stereocenters. The highest BCUT2D eigenvalue weighted by Gasteiger charge is 2.33. The van der Waals surface area contributed by atoms with Crippen LogP contribution in [0, 0.1) is 6.92 Å². The third kappa shape index (κ3) is 4.85. The highest BCUT2D eigenvalue weighted by Crippen LogP contribution is 2.31. The minimum Gasteiger partial charge on any atom is -0.334 e. The van der Waals surface area contributed by atoms with E-state index in [1.54, 1.807) is 36.5 Å². The number of nitrogens with one attached hydrogen (secondary N) is 2. The van der Waals surface area contributed by atoms with Gasteiger partial charge in [0, 0.05) is 18.3 Å². The zero-order valence-electron chi connectivity index (χ0n) is 14.9. The fourth-order valence-corrected chi connectivity index (χ4v) is 2.62. The Morgan fingerprint density at radius 1 is 1.11 bits per heavy atom. The number of benzene rings is 1. The molecule has 0 aliphatic carbocycles. The Labute approximate surface area is 159 Å². The fraction of sp³-hybridized carbons (Fsp3) is 0.150. The molecule has 2 aromatic heterocycles. The summed E-state index contributed by atoms with van der Waals surface area (Å²) in [7, 11) is 0. The predicted molar refractivity (Wildman–Crippen MR) is 99.5 cm³/mol. The Bertz CT molecular complexity index is 975. The van der Waals surface area contributed by atoms with Crippen molar-refractivity contribution in [2.45, 2.75) is 19.6 Å². The van der Waals surface area contributed by atoms with Crippen LogP contribution in [0.2, 0.25) is 0 Å². The number of hydrogen-bond acceptors (Lipinski definition) is 3. The number of halogens is 3. The Morgan fingerprint density at radius 3 is 2.61 bits per heavy atom. The summed E-state index contributed by atoms with van der Waals surface area (Å²) in [5.74, 6) is 0. The van der Waals surface area contributed by atoms with E-state index in [4.69, 9.17) is 0 Å². The molecule has 5 nitrogen and oxygen atoms in total. The quantitative estimate of drug-likeness (QED) is 0.677. The maximum absolute atomic E-state index is 13.1. The number of carbonyl (C=O) groups excluding carboxylic acids is 1. The van der Waals surface area contributed by atoms with Crippen LogP contribution in [0.5, 0.6) is 0 Å².